The average Bonchev–Trinajstić information content (AvgIpc) is 2.89. The van der Waals surface area contributed by atoms with E-state index in [1.54, 1.807) is 6.20 Å². The molecule has 0 bridgehead atoms. The molecule has 0 atom stereocenters. The van der Waals surface area contributed by atoms with Crippen molar-refractivity contribution in [1.29, 1.82) is 0 Å². The summed E-state index contributed by atoms with van der Waals surface area (Å²) < 4.78 is 0. The molecule has 6 heteroatoms. The minimum absolute atomic E-state index is 0.00541. The normalized spacial score (nSPS) is 13.9. The van der Waals surface area contributed by atoms with E-state index >= 15 is 0 Å². The molecular weight excluding hydrogens is 266 g/mol. The molecule has 0 aliphatic carbocycles. The summed E-state index contributed by atoms with van der Waals surface area (Å²) in [5, 5.41) is 10.2. The van der Waals surface area contributed by atoms with Gasteiger partial charge < -0.3 is 10.2 Å². The van der Waals surface area contributed by atoms with E-state index in [0.717, 1.165) is 36.6 Å². The lowest BCUT2D eigenvalue weighted by Crippen LogP contribution is -2.39. The zero-order chi connectivity index (χ0) is 14.7. The lowest BCUT2D eigenvalue weighted by molar-refractivity contribution is -0.120. The lowest BCUT2D eigenvalue weighted by atomic mass is 10.1. The number of aryl methyl sites for hydroxylation is 1. The Bertz CT molecular complexity index is 622. The van der Waals surface area contributed by atoms with Gasteiger partial charge in [0.2, 0.25) is 5.91 Å². The first kappa shape index (κ1) is 13.6. The van der Waals surface area contributed by atoms with Gasteiger partial charge in [-0.05, 0) is 31.9 Å². The molecular formula is C15H19N5O. The summed E-state index contributed by atoms with van der Waals surface area (Å²) in [4.78, 5) is 18.3. The summed E-state index contributed by atoms with van der Waals surface area (Å²) in [6, 6.07) is 5.68. The summed E-state index contributed by atoms with van der Waals surface area (Å²) >= 11 is 0. The minimum atomic E-state index is -0.00541. The van der Waals surface area contributed by atoms with Crippen LogP contribution in [0.4, 0.5) is 5.82 Å². The molecule has 0 fully saturated rings. The number of pyridine rings is 1. The summed E-state index contributed by atoms with van der Waals surface area (Å²) in [5.74, 6) is 0.917. The van der Waals surface area contributed by atoms with Crippen LogP contribution in [-0.4, -0.2) is 34.2 Å². The number of nitrogens with one attached hydrogen (secondary N) is 2. The van der Waals surface area contributed by atoms with Crippen LogP contribution in [0, 0.1) is 6.92 Å². The Morgan fingerprint density at radius 3 is 3.19 bits per heavy atom. The van der Waals surface area contributed by atoms with Gasteiger partial charge in [-0.3, -0.25) is 14.9 Å². The third-order valence-electron chi connectivity index (χ3n) is 3.73. The Kier molecular flexibility index (Phi) is 3.85. The van der Waals surface area contributed by atoms with Crippen LogP contribution in [0.2, 0.25) is 0 Å². The molecule has 0 saturated heterocycles. The summed E-state index contributed by atoms with van der Waals surface area (Å²) in [6.07, 6.45) is 3.81. The second-order valence-corrected chi connectivity index (χ2v) is 5.27. The molecule has 1 amide bonds. The highest BCUT2D eigenvalue weighted by Gasteiger charge is 2.23. The number of anilines is 1. The molecule has 0 unspecified atom stereocenters. The van der Waals surface area contributed by atoms with Crippen LogP contribution in [0.25, 0.3) is 0 Å². The summed E-state index contributed by atoms with van der Waals surface area (Å²) in [6.45, 7) is 3.69. The Hall–Kier alpha value is -2.37. The van der Waals surface area contributed by atoms with Crippen molar-refractivity contribution in [3.8, 4) is 0 Å². The van der Waals surface area contributed by atoms with Crippen molar-refractivity contribution in [1.82, 2.24) is 20.5 Å². The number of aromatic amines is 1. The highest BCUT2D eigenvalue weighted by Crippen LogP contribution is 2.26. The van der Waals surface area contributed by atoms with Crippen molar-refractivity contribution >= 4 is 11.7 Å². The number of H-pyrrole nitrogens is 1. The molecule has 2 N–H and O–H groups in total. The van der Waals surface area contributed by atoms with Gasteiger partial charge in [0.1, 0.15) is 0 Å². The smallest absolute Gasteiger partial charge is 0.239 e. The van der Waals surface area contributed by atoms with Crippen LogP contribution in [-0.2, 0) is 17.8 Å². The maximum Gasteiger partial charge on any atom is 0.239 e. The molecule has 1 aliphatic heterocycles. The monoisotopic (exact) mass is 285 g/mol. The highest BCUT2D eigenvalue weighted by molar-refractivity contribution is 5.81. The van der Waals surface area contributed by atoms with E-state index in [1.807, 2.05) is 30.0 Å². The van der Waals surface area contributed by atoms with E-state index < -0.39 is 0 Å². The largest absolute Gasteiger partial charge is 0.349 e. The zero-order valence-electron chi connectivity index (χ0n) is 12.1. The third-order valence-corrected chi connectivity index (χ3v) is 3.73. The SMILES string of the molecule is Cc1[nH]nc2c1CCCN2CC(=O)NCc1ccccn1. The third kappa shape index (κ3) is 3.04. The van der Waals surface area contributed by atoms with Crippen LogP contribution in [0.1, 0.15) is 23.4 Å². The van der Waals surface area contributed by atoms with E-state index in [9.17, 15) is 4.79 Å². The summed E-state index contributed by atoms with van der Waals surface area (Å²) in [5.41, 5.74) is 3.20. The number of carbonyl (C=O) groups is 1. The van der Waals surface area contributed by atoms with Crippen molar-refractivity contribution in [3.63, 3.8) is 0 Å². The number of hydrogen-bond donors (Lipinski definition) is 2. The summed E-state index contributed by atoms with van der Waals surface area (Å²) in [7, 11) is 0. The molecule has 3 heterocycles. The van der Waals surface area contributed by atoms with Gasteiger partial charge in [0.25, 0.3) is 0 Å². The number of nitrogens with zero attached hydrogens (tertiary/aromatic N) is 3. The van der Waals surface area contributed by atoms with Crippen LogP contribution in [0.15, 0.2) is 24.4 Å². The van der Waals surface area contributed by atoms with E-state index in [0.29, 0.717) is 13.1 Å². The maximum absolute atomic E-state index is 12.1. The fourth-order valence-electron chi connectivity index (χ4n) is 2.63. The second kappa shape index (κ2) is 5.95. The van der Waals surface area contributed by atoms with Gasteiger partial charge in [0, 0.05) is 24.0 Å². The molecule has 6 nitrogen and oxygen atoms in total. The van der Waals surface area contributed by atoms with E-state index in [-0.39, 0.29) is 5.91 Å². The molecule has 0 aromatic carbocycles. The van der Waals surface area contributed by atoms with Gasteiger partial charge >= 0.3 is 0 Å². The van der Waals surface area contributed by atoms with Crippen molar-refractivity contribution in [2.45, 2.75) is 26.3 Å². The van der Waals surface area contributed by atoms with Crippen molar-refractivity contribution in [2.24, 2.45) is 0 Å². The molecule has 2 aromatic heterocycles. The van der Waals surface area contributed by atoms with Crippen LogP contribution in [0.5, 0.6) is 0 Å². The minimum Gasteiger partial charge on any atom is -0.349 e. The number of carbonyl (C=O) groups excluding carboxylic acids is 1. The Balaban J connectivity index is 1.58. The van der Waals surface area contributed by atoms with Gasteiger partial charge in [0.05, 0.1) is 18.8 Å². The van der Waals surface area contributed by atoms with Crippen molar-refractivity contribution in [3.05, 3.63) is 41.3 Å². The van der Waals surface area contributed by atoms with E-state index in [2.05, 4.69) is 20.5 Å². The Morgan fingerprint density at radius 2 is 2.38 bits per heavy atom. The van der Waals surface area contributed by atoms with Crippen LogP contribution >= 0.6 is 0 Å². The number of hydrogen-bond acceptors (Lipinski definition) is 4. The van der Waals surface area contributed by atoms with E-state index in [1.165, 1.54) is 5.56 Å². The van der Waals surface area contributed by atoms with Gasteiger partial charge in [-0.25, -0.2) is 0 Å². The number of rotatable bonds is 4. The molecule has 0 radical (unpaired) electrons. The molecule has 0 saturated carbocycles. The average molecular weight is 285 g/mol. The topological polar surface area (TPSA) is 73.9 Å². The lowest BCUT2D eigenvalue weighted by Gasteiger charge is -2.27. The predicted octanol–water partition coefficient (Wildman–Crippen LogP) is 1.18. The van der Waals surface area contributed by atoms with Crippen LogP contribution < -0.4 is 10.2 Å². The molecule has 110 valence electrons. The molecule has 21 heavy (non-hydrogen) atoms. The molecule has 1 aliphatic rings. The zero-order valence-corrected chi connectivity index (χ0v) is 12.1. The first-order valence-corrected chi connectivity index (χ1v) is 7.19. The van der Waals surface area contributed by atoms with Gasteiger partial charge in [0.15, 0.2) is 5.82 Å². The first-order valence-electron chi connectivity index (χ1n) is 7.19. The van der Waals surface area contributed by atoms with Gasteiger partial charge in [-0.1, -0.05) is 6.07 Å². The number of amides is 1. The van der Waals surface area contributed by atoms with Crippen LogP contribution in [0.3, 0.4) is 0 Å². The Labute approximate surface area is 123 Å². The first-order chi connectivity index (χ1) is 10.2. The van der Waals surface area contributed by atoms with Gasteiger partial charge in [-0.15, -0.1) is 0 Å². The molecule has 3 rings (SSSR count). The highest BCUT2D eigenvalue weighted by atomic mass is 16.2. The number of aromatic nitrogens is 3. The van der Waals surface area contributed by atoms with Crippen molar-refractivity contribution in [2.75, 3.05) is 18.0 Å². The molecule has 0 spiro atoms. The van der Waals surface area contributed by atoms with Gasteiger partial charge in [-0.2, -0.15) is 5.10 Å². The standard InChI is InChI=1S/C15H19N5O/c1-11-13-6-4-8-20(15(13)19-18-11)10-14(21)17-9-12-5-2-3-7-16-12/h2-3,5,7H,4,6,8-10H2,1H3,(H,17,21)(H,18,19). The van der Waals surface area contributed by atoms with Crippen molar-refractivity contribution < 1.29 is 4.79 Å². The second-order valence-electron chi connectivity index (χ2n) is 5.27. The quantitative estimate of drug-likeness (QED) is 0.884. The fraction of sp³-hybridized carbons (Fsp3) is 0.400. The Morgan fingerprint density at radius 1 is 1.48 bits per heavy atom. The number of fused-ring (bicyclic) bond motifs is 1. The predicted molar refractivity (Wildman–Crippen MR) is 79.9 cm³/mol. The maximum atomic E-state index is 12.1. The van der Waals surface area contributed by atoms with E-state index in [4.69, 9.17) is 0 Å². The fourth-order valence-corrected chi connectivity index (χ4v) is 2.63. The molecule has 2 aromatic rings.